The summed E-state index contributed by atoms with van der Waals surface area (Å²) in [7, 11) is 0. The summed E-state index contributed by atoms with van der Waals surface area (Å²) in [5.74, 6) is 0.247. The van der Waals surface area contributed by atoms with Gasteiger partial charge in [-0.3, -0.25) is 0 Å². The number of hydrogen-bond acceptors (Lipinski definition) is 3. The first-order chi connectivity index (χ1) is 8.33. The summed E-state index contributed by atoms with van der Waals surface area (Å²) < 4.78 is 1.72. The molecule has 1 saturated carbocycles. The quantitative estimate of drug-likeness (QED) is 0.847. The summed E-state index contributed by atoms with van der Waals surface area (Å²) >= 11 is 0. The van der Waals surface area contributed by atoms with E-state index in [-0.39, 0.29) is 5.75 Å². The molecule has 0 amide bonds. The molecule has 1 N–H and O–H groups in total. The van der Waals surface area contributed by atoms with Gasteiger partial charge in [0.05, 0.1) is 12.2 Å². The van der Waals surface area contributed by atoms with Crippen LogP contribution in [0.25, 0.3) is 11.3 Å². The van der Waals surface area contributed by atoms with E-state index in [1.165, 1.54) is 0 Å². The lowest BCUT2D eigenvalue weighted by Gasteiger charge is -2.04. The van der Waals surface area contributed by atoms with Crippen molar-refractivity contribution in [2.45, 2.75) is 0 Å². The molecule has 1 fully saturated rings. The molecule has 0 saturated heterocycles. The minimum atomic E-state index is 0.247. The number of rotatable bonds is 2. The van der Waals surface area contributed by atoms with Crippen LogP contribution in [0.2, 0.25) is 0 Å². The minimum absolute atomic E-state index is 0.247. The van der Waals surface area contributed by atoms with Crippen LogP contribution in [0.3, 0.4) is 0 Å². The van der Waals surface area contributed by atoms with Crippen molar-refractivity contribution in [2.24, 2.45) is 0 Å². The van der Waals surface area contributed by atoms with Crippen molar-refractivity contribution in [3.8, 4) is 17.0 Å². The van der Waals surface area contributed by atoms with E-state index < -0.39 is 0 Å². The van der Waals surface area contributed by atoms with Gasteiger partial charge < -0.3 is 5.11 Å². The monoisotopic (exact) mass is 224 g/mol. The predicted molar refractivity (Wildman–Crippen MR) is 63.0 cm³/mol. The van der Waals surface area contributed by atoms with Gasteiger partial charge in [0.25, 0.3) is 0 Å². The lowest BCUT2D eigenvalue weighted by Crippen LogP contribution is -2.07. The smallest absolute Gasteiger partial charge is 0.115 e. The number of aromatic hydroxyl groups is 1. The highest BCUT2D eigenvalue weighted by Gasteiger charge is 2.20. The Bertz CT molecular complexity index is 498. The van der Waals surface area contributed by atoms with Crippen LogP contribution in [0.4, 0.5) is 0 Å². The number of aromatic nitrogens is 3. The molecule has 0 atom stereocenters. The molecular formula is C13H10N3O. The van der Waals surface area contributed by atoms with E-state index in [0.29, 0.717) is 0 Å². The average molecular weight is 224 g/mol. The number of hydrogen-bond donors (Lipinski definition) is 1. The van der Waals surface area contributed by atoms with Crippen molar-refractivity contribution >= 4 is 0 Å². The van der Waals surface area contributed by atoms with Crippen molar-refractivity contribution in [3.63, 3.8) is 0 Å². The second-order valence-electron chi connectivity index (χ2n) is 3.74. The molecule has 1 aliphatic carbocycles. The summed E-state index contributed by atoms with van der Waals surface area (Å²) in [6.45, 7) is 0. The molecule has 17 heavy (non-hydrogen) atoms. The molecule has 0 bridgehead atoms. The fourth-order valence-electron chi connectivity index (χ4n) is 1.67. The summed E-state index contributed by atoms with van der Waals surface area (Å²) in [5.41, 5.74) is 1.71. The van der Waals surface area contributed by atoms with E-state index in [1.807, 2.05) is 44.0 Å². The third-order valence-corrected chi connectivity index (χ3v) is 2.57. The van der Waals surface area contributed by atoms with Crippen molar-refractivity contribution in [1.82, 2.24) is 15.0 Å². The predicted octanol–water partition coefficient (Wildman–Crippen LogP) is 1.86. The molecule has 1 aromatic heterocycles. The molecule has 1 heterocycles. The first-order valence-electron chi connectivity index (χ1n) is 5.27. The number of phenolic OH excluding ortho intramolecular Hbond substituents is 1. The topological polar surface area (TPSA) is 50.9 Å². The van der Waals surface area contributed by atoms with E-state index in [9.17, 15) is 5.11 Å². The van der Waals surface area contributed by atoms with Gasteiger partial charge in [0.1, 0.15) is 11.4 Å². The molecule has 0 unspecified atom stereocenters. The van der Waals surface area contributed by atoms with Crippen LogP contribution in [0.1, 0.15) is 0 Å². The number of nitrogens with zero attached hydrogens (tertiary/aromatic N) is 3. The van der Waals surface area contributed by atoms with Gasteiger partial charge in [-0.05, 0) is 49.9 Å². The lowest BCUT2D eigenvalue weighted by molar-refractivity contribution is 0.475. The number of phenols is 1. The molecule has 4 nitrogen and oxygen atoms in total. The lowest BCUT2D eigenvalue weighted by atomic mass is 10.1. The maximum Gasteiger partial charge on any atom is 0.115 e. The van der Waals surface area contributed by atoms with Crippen LogP contribution < -0.4 is 0 Å². The van der Waals surface area contributed by atoms with Crippen molar-refractivity contribution in [1.29, 1.82) is 0 Å². The molecule has 2 aromatic rings. The van der Waals surface area contributed by atoms with E-state index in [0.717, 1.165) is 17.3 Å². The standard InChI is InChI=1S/C13H10N3O/c17-12-7-5-10(6-8-12)13-9-16(15-14-13)11-3-1-2-4-11/h1-9,17H. The fourth-order valence-corrected chi connectivity index (χ4v) is 1.67. The third kappa shape index (κ3) is 2.02. The second-order valence-corrected chi connectivity index (χ2v) is 3.74. The van der Waals surface area contributed by atoms with E-state index in [2.05, 4.69) is 10.3 Å². The summed E-state index contributed by atoms with van der Waals surface area (Å²) in [4.78, 5) is 0. The van der Waals surface area contributed by atoms with E-state index >= 15 is 0 Å². The van der Waals surface area contributed by atoms with Crippen LogP contribution in [-0.4, -0.2) is 20.1 Å². The Hall–Kier alpha value is -1.84. The van der Waals surface area contributed by atoms with Crippen molar-refractivity contribution in [3.05, 3.63) is 62.2 Å². The Kier molecular flexibility index (Phi) is 2.55. The maximum absolute atomic E-state index is 9.22. The first kappa shape index (κ1) is 10.3. The molecule has 5 radical (unpaired) electrons. The van der Waals surface area contributed by atoms with Crippen LogP contribution in [0.15, 0.2) is 30.5 Å². The van der Waals surface area contributed by atoms with Gasteiger partial charge in [0.2, 0.25) is 0 Å². The van der Waals surface area contributed by atoms with Crippen molar-refractivity contribution in [2.75, 3.05) is 0 Å². The molecular weight excluding hydrogens is 214 g/mol. The van der Waals surface area contributed by atoms with E-state index in [4.69, 9.17) is 0 Å². The van der Waals surface area contributed by atoms with Crippen LogP contribution >= 0.6 is 0 Å². The van der Waals surface area contributed by atoms with Crippen LogP contribution in [-0.2, 0) is 0 Å². The molecule has 0 aliphatic heterocycles. The molecule has 83 valence electrons. The van der Waals surface area contributed by atoms with Gasteiger partial charge in [-0.15, -0.1) is 5.10 Å². The molecule has 1 aromatic carbocycles. The van der Waals surface area contributed by atoms with Gasteiger partial charge in [0.15, 0.2) is 0 Å². The molecule has 0 spiro atoms. The maximum atomic E-state index is 9.22. The third-order valence-electron chi connectivity index (χ3n) is 2.57. The average Bonchev–Trinajstić information content (AvgIpc) is 3.00. The SMILES string of the molecule is Oc1ccc(-c2cn([C]3[CH][CH][CH][CH]3)nn2)cc1. The molecule has 4 heteroatoms. The fraction of sp³-hybridized carbons (Fsp3) is 0. The van der Waals surface area contributed by atoms with Gasteiger partial charge in [-0.25, -0.2) is 4.68 Å². The van der Waals surface area contributed by atoms with Gasteiger partial charge in [-0.1, -0.05) is 5.21 Å². The highest BCUT2D eigenvalue weighted by molar-refractivity contribution is 5.59. The first-order valence-corrected chi connectivity index (χ1v) is 5.27. The highest BCUT2D eigenvalue weighted by atomic mass is 16.3. The summed E-state index contributed by atoms with van der Waals surface area (Å²) in [6, 6.07) is 7.89. The van der Waals surface area contributed by atoms with Gasteiger partial charge in [0, 0.05) is 5.56 Å². The van der Waals surface area contributed by atoms with E-state index in [1.54, 1.807) is 16.8 Å². The Morgan fingerprint density at radius 2 is 1.71 bits per heavy atom. The number of benzene rings is 1. The zero-order chi connectivity index (χ0) is 11.7. The Balaban J connectivity index is 1.86. The molecule has 1 aliphatic rings. The van der Waals surface area contributed by atoms with Crippen LogP contribution in [0, 0.1) is 31.7 Å². The van der Waals surface area contributed by atoms with Crippen LogP contribution in [0.5, 0.6) is 5.75 Å². The van der Waals surface area contributed by atoms with Crippen molar-refractivity contribution < 1.29 is 5.11 Å². The van der Waals surface area contributed by atoms with Gasteiger partial charge in [-0.2, -0.15) is 0 Å². The highest BCUT2D eigenvalue weighted by Crippen LogP contribution is 2.26. The minimum Gasteiger partial charge on any atom is -0.508 e. The Morgan fingerprint density at radius 1 is 1.00 bits per heavy atom. The Labute approximate surface area is 99.9 Å². The Morgan fingerprint density at radius 3 is 2.41 bits per heavy atom. The second kappa shape index (κ2) is 4.20. The normalized spacial score (nSPS) is 16.5. The largest absolute Gasteiger partial charge is 0.508 e. The molecule has 3 rings (SSSR count). The zero-order valence-electron chi connectivity index (χ0n) is 8.99. The summed E-state index contributed by atoms with van der Waals surface area (Å²) in [6.07, 6.45) is 9.71. The van der Waals surface area contributed by atoms with Gasteiger partial charge >= 0.3 is 0 Å². The zero-order valence-corrected chi connectivity index (χ0v) is 8.99. The summed E-state index contributed by atoms with van der Waals surface area (Å²) in [5, 5.41) is 17.4.